The van der Waals surface area contributed by atoms with Crippen LogP contribution in [0.25, 0.3) is 0 Å². The van der Waals surface area contributed by atoms with Crippen molar-refractivity contribution in [2.75, 3.05) is 5.43 Å². The van der Waals surface area contributed by atoms with Gasteiger partial charge in [-0.05, 0) is 12.1 Å². The third kappa shape index (κ3) is 2.83. The average Bonchev–Trinajstić information content (AvgIpc) is 2.82. The molecule has 7 nitrogen and oxygen atoms in total. The fourth-order valence-electron chi connectivity index (χ4n) is 1.48. The molecule has 0 aliphatic heterocycles. The molecule has 0 spiro atoms. The second kappa shape index (κ2) is 5.28. The molecule has 0 radical (unpaired) electrons. The van der Waals surface area contributed by atoms with Crippen LogP contribution in [-0.4, -0.2) is 20.7 Å². The van der Waals surface area contributed by atoms with Crippen LogP contribution in [0.1, 0.15) is 16.1 Å². The van der Waals surface area contributed by atoms with E-state index >= 15 is 0 Å². The maximum Gasteiger partial charge on any atom is 0.270 e. The predicted octanol–water partition coefficient (Wildman–Crippen LogP) is 0.0307. The summed E-state index contributed by atoms with van der Waals surface area (Å²) in [5, 5.41) is 6.77. The lowest BCUT2D eigenvalue weighted by molar-refractivity contribution is 0.0946. The SMILES string of the molecule is Cn1cc(CNC(=O)c2cccc(NN)n2)cn1. The van der Waals surface area contributed by atoms with Crippen molar-refractivity contribution in [2.45, 2.75) is 6.54 Å². The second-order valence-corrected chi connectivity index (χ2v) is 3.76. The van der Waals surface area contributed by atoms with Gasteiger partial charge < -0.3 is 10.7 Å². The Morgan fingerprint density at radius 2 is 2.33 bits per heavy atom. The van der Waals surface area contributed by atoms with E-state index in [0.717, 1.165) is 5.56 Å². The topological polar surface area (TPSA) is 97.9 Å². The number of pyridine rings is 1. The van der Waals surface area contributed by atoms with Crippen molar-refractivity contribution in [3.63, 3.8) is 0 Å². The molecule has 2 rings (SSSR count). The number of hydrogen-bond donors (Lipinski definition) is 3. The van der Waals surface area contributed by atoms with E-state index in [-0.39, 0.29) is 5.91 Å². The van der Waals surface area contributed by atoms with Crippen LogP contribution in [0.5, 0.6) is 0 Å². The molecule has 2 aromatic heterocycles. The number of aromatic nitrogens is 3. The number of nitrogens with one attached hydrogen (secondary N) is 2. The van der Waals surface area contributed by atoms with Crippen molar-refractivity contribution in [1.82, 2.24) is 20.1 Å². The number of amides is 1. The van der Waals surface area contributed by atoms with E-state index < -0.39 is 0 Å². The van der Waals surface area contributed by atoms with E-state index in [2.05, 4.69) is 20.8 Å². The lowest BCUT2D eigenvalue weighted by Gasteiger charge is -2.04. The summed E-state index contributed by atoms with van der Waals surface area (Å²) in [6.07, 6.45) is 3.54. The van der Waals surface area contributed by atoms with Crippen LogP contribution >= 0.6 is 0 Å². The number of anilines is 1. The molecule has 2 aromatic rings. The number of carbonyl (C=O) groups is 1. The Morgan fingerprint density at radius 3 is 3.00 bits per heavy atom. The first-order valence-electron chi connectivity index (χ1n) is 5.38. The van der Waals surface area contributed by atoms with Gasteiger partial charge in [0.15, 0.2) is 0 Å². The number of nitrogen functional groups attached to an aromatic ring is 1. The van der Waals surface area contributed by atoms with Gasteiger partial charge in [-0.2, -0.15) is 5.10 Å². The van der Waals surface area contributed by atoms with Gasteiger partial charge >= 0.3 is 0 Å². The van der Waals surface area contributed by atoms with Gasteiger partial charge in [-0.15, -0.1) is 0 Å². The lowest BCUT2D eigenvalue weighted by Crippen LogP contribution is -2.24. The van der Waals surface area contributed by atoms with Crippen molar-refractivity contribution in [3.05, 3.63) is 41.9 Å². The molecule has 0 saturated heterocycles. The zero-order valence-electron chi connectivity index (χ0n) is 9.92. The van der Waals surface area contributed by atoms with Gasteiger partial charge in [-0.25, -0.2) is 10.8 Å². The number of rotatable bonds is 4. The van der Waals surface area contributed by atoms with E-state index in [4.69, 9.17) is 5.84 Å². The number of hydrogen-bond acceptors (Lipinski definition) is 5. The van der Waals surface area contributed by atoms with Gasteiger partial charge in [0.05, 0.1) is 6.20 Å². The maximum absolute atomic E-state index is 11.8. The van der Waals surface area contributed by atoms with Crippen molar-refractivity contribution < 1.29 is 4.79 Å². The largest absolute Gasteiger partial charge is 0.347 e. The summed E-state index contributed by atoms with van der Waals surface area (Å²) in [7, 11) is 1.82. The standard InChI is InChI=1S/C11H14N6O/c1-17-7-8(6-14-17)5-13-11(18)9-3-2-4-10(15-9)16-12/h2-4,6-7H,5,12H2,1H3,(H,13,18)(H,15,16). The highest BCUT2D eigenvalue weighted by molar-refractivity contribution is 5.92. The fourth-order valence-corrected chi connectivity index (χ4v) is 1.48. The van der Waals surface area contributed by atoms with E-state index in [9.17, 15) is 4.79 Å². The zero-order valence-corrected chi connectivity index (χ0v) is 9.92. The van der Waals surface area contributed by atoms with Gasteiger partial charge in [-0.1, -0.05) is 6.07 Å². The second-order valence-electron chi connectivity index (χ2n) is 3.76. The van der Waals surface area contributed by atoms with Crippen LogP contribution in [0.3, 0.4) is 0 Å². The molecular formula is C11H14N6O. The highest BCUT2D eigenvalue weighted by Crippen LogP contribution is 2.03. The molecule has 2 heterocycles. The Kier molecular flexibility index (Phi) is 3.54. The summed E-state index contributed by atoms with van der Waals surface area (Å²) >= 11 is 0. The van der Waals surface area contributed by atoms with E-state index in [1.54, 1.807) is 29.1 Å². The van der Waals surface area contributed by atoms with Crippen molar-refractivity contribution in [2.24, 2.45) is 12.9 Å². The Morgan fingerprint density at radius 1 is 1.50 bits per heavy atom. The molecule has 94 valence electrons. The van der Waals surface area contributed by atoms with Crippen LogP contribution < -0.4 is 16.6 Å². The molecule has 0 aliphatic carbocycles. The van der Waals surface area contributed by atoms with Gasteiger partial charge in [0.1, 0.15) is 11.5 Å². The summed E-state index contributed by atoms with van der Waals surface area (Å²) < 4.78 is 1.68. The number of nitrogens with zero attached hydrogens (tertiary/aromatic N) is 3. The Hall–Kier alpha value is -2.41. The molecule has 0 unspecified atom stereocenters. The number of aryl methyl sites for hydroxylation is 1. The Balaban J connectivity index is 1.99. The quantitative estimate of drug-likeness (QED) is 0.522. The number of carbonyl (C=O) groups excluding carboxylic acids is 1. The summed E-state index contributed by atoms with van der Waals surface area (Å²) in [4.78, 5) is 15.9. The van der Waals surface area contributed by atoms with Crippen LogP contribution in [0.2, 0.25) is 0 Å². The molecule has 18 heavy (non-hydrogen) atoms. The molecule has 0 saturated carbocycles. The minimum Gasteiger partial charge on any atom is -0.347 e. The van der Waals surface area contributed by atoms with Crippen LogP contribution in [-0.2, 0) is 13.6 Å². The van der Waals surface area contributed by atoms with Crippen molar-refractivity contribution >= 4 is 11.7 Å². The highest BCUT2D eigenvalue weighted by Gasteiger charge is 2.07. The summed E-state index contributed by atoms with van der Waals surface area (Å²) in [5.41, 5.74) is 3.64. The van der Waals surface area contributed by atoms with Crippen LogP contribution in [0.15, 0.2) is 30.6 Å². The van der Waals surface area contributed by atoms with E-state index in [1.807, 2.05) is 13.2 Å². The average molecular weight is 246 g/mol. The molecule has 1 amide bonds. The van der Waals surface area contributed by atoms with Gasteiger partial charge in [0.25, 0.3) is 5.91 Å². The van der Waals surface area contributed by atoms with Crippen LogP contribution in [0.4, 0.5) is 5.82 Å². The van der Waals surface area contributed by atoms with Crippen molar-refractivity contribution in [3.8, 4) is 0 Å². The van der Waals surface area contributed by atoms with Gasteiger partial charge in [-0.3, -0.25) is 9.48 Å². The number of hydrazine groups is 1. The Labute approximate surface area is 104 Å². The van der Waals surface area contributed by atoms with Gasteiger partial charge in [0.2, 0.25) is 0 Å². The molecule has 0 bridgehead atoms. The molecular weight excluding hydrogens is 232 g/mol. The summed E-state index contributed by atoms with van der Waals surface area (Å²) in [6, 6.07) is 5.01. The molecule has 0 aromatic carbocycles. The van der Waals surface area contributed by atoms with Crippen molar-refractivity contribution in [1.29, 1.82) is 0 Å². The first kappa shape index (κ1) is 12.1. The van der Waals surface area contributed by atoms with Gasteiger partial charge in [0, 0.05) is 25.4 Å². The fraction of sp³-hybridized carbons (Fsp3) is 0.182. The highest BCUT2D eigenvalue weighted by atomic mass is 16.1. The third-order valence-electron chi connectivity index (χ3n) is 2.34. The molecule has 7 heteroatoms. The first-order chi connectivity index (χ1) is 8.69. The third-order valence-corrected chi connectivity index (χ3v) is 2.34. The normalized spacial score (nSPS) is 10.1. The monoisotopic (exact) mass is 246 g/mol. The number of nitrogens with two attached hydrogens (primary N) is 1. The zero-order chi connectivity index (χ0) is 13.0. The minimum absolute atomic E-state index is 0.254. The summed E-state index contributed by atoms with van der Waals surface area (Å²) in [6.45, 7) is 0.411. The maximum atomic E-state index is 11.8. The predicted molar refractivity (Wildman–Crippen MR) is 66.4 cm³/mol. The van der Waals surface area contributed by atoms with Crippen LogP contribution in [0, 0.1) is 0 Å². The molecule has 0 aliphatic rings. The summed E-state index contributed by atoms with van der Waals surface area (Å²) in [5.74, 6) is 5.43. The minimum atomic E-state index is -0.254. The Bertz CT molecular complexity index is 550. The molecule has 4 N–H and O–H groups in total. The molecule has 0 fully saturated rings. The van der Waals surface area contributed by atoms with E-state index in [1.165, 1.54) is 0 Å². The van der Waals surface area contributed by atoms with E-state index in [0.29, 0.717) is 18.1 Å². The smallest absolute Gasteiger partial charge is 0.270 e. The molecule has 0 atom stereocenters. The first-order valence-corrected chi connectivity index (χ1v) is 5.38. The lowest BCUT2D eigenvalue weighted by atomic mass is 10.3.